The molecule has 0 aliphatic carbocycles. The number of pyridine rings is 1. The van der Waals surface area contributed by atoms with Gasteiger partial charge in [-0.3, -0.25) is 0 Å². The van der Waals surface area contributed by atoms with E-state index in [4.69, 9.17) is 9.47 Å². The molecular formula is C22H17F4N3O3. The van der Waals surface area contributed by atoms with E-state index in [9.17, 15) is 22.4 Å². The summed E-state index contributed by atoms with van der Waals surface area (Å²) in [6.45, 7) is -0.0200. The van der Waals surface area contributed by atoms with Gasteiger partial charge in [0.25, 0.3) is 0 Å². The van der Waals surface area contributed by atoms with Gasteiger partial charge >= 0.3 is 12.2 Å². The molecule has 32 heavy (non-hydrogen) atoms. The molecule has 10 heteroatoms. The minimum atomic E-state index is -4.63. The van der Waals surface area contributed by atoms with Crippen molar-refractivity contribution in [2.45, 2.75) is 18.2 Å². The summed E-state index contributed by atoms with van der Waals surface area (Å²) in [5.74, 6) is -0.652. The van der Waals surface area contributed by atoms with Crippen molar-refractivity contribution in [1.29, 1.82) is 0 Å². The number of hydrogen-bond donors (Lipinski definition) is 2. The molecule has 2 heterocycles. The monoisotopic (exact) mass is 447 g/mol. The first-order valence-electron chi connectivity index (χ1n) is 9.55. The molecule has 1 atom stereocenters. The second-order valence-corrected chi connectivity index (χ2v) is 6.96. The number of halogens is 4. The molecule has 2 aromatic carbocycles. The molecule has 0 saturated carbocycles. The van der Waals surface area contributed by atoms with Crippen molar-refractivity contribution in [1.82, 2.24) is 4.98 Å². The van der Waals surface area contributed by atoms with Crippen LogP contribution in [-0.4, -0.2) is 23.8 Å². The third kappa shape index (κ3) is 4.22. The Kier molecular flexibility index (Phi) is 5.70. The molecule has 4 rings (SSSR count). The van der Waals surface area contributed by atoms with E-state index < -0.39 is 23.6 Å². The minimum Gasteiger partial charge on any atom is -0.437 e. The van der Waals surface area contributed by atoms with Crippen LogP contribution in [0.5, 0.6) is 11.6 Å². The predicted octanol–water partition coefficient (Wildman–Crippen LogP) is 5.83. The normalized spacial score (nSPS) is 17.9. The van der Waals surface area contributed by atoms with Crippen molar-refractivity contribution in [2.75, 3.05) is 17.2 Å². The SMILES string of the molecule is O=C(Nc1ccc(F)cc1)Nc1cccnc1Oc1ccccc1C1(C(F)(F)F)CCO1. The summed E-state index contributed by atoms with van der Waals surface area (Å²) in [7, 11) is 0. The van der Waals surface area contributed by atoms with Crippen molar-refractivity contribution < 1.29 is 31.8 Å². The molecule has 6 nitrogen and oxygen atoms in total. The highest BCUT2D eigenvalue weighted by atomic mass is 19.4. The van der Waals surface area contributed by atoms with Crippen LogP contribution in [0.15, 0.2) is 66.9 Å². The Hall–Kier alpha value is -3.66. The highest BCUT2D eigenvalue weighted by molar-refractivity contribution is 6.00. The van der Waals surface area contributed by atoms with Crippen LogP contribution in [0.3, 0.4) is 0 Å². The van der Waals surface area contributed by atoms with Gasteiger partial charge in [-0.2, -0.15) is 13.2 Å². The summed E-state index contributed by atoms with van der Waals surface area (Å²) in [5, 5.41) is 5.04. The van der Waals surface area contributed by atoms with Crippen LogP contribution in [0.4, 0.5) is 33.7 Å². The second kappa shape index (κ2) is 8.46. The number of urea groups is 1. The molecule has 2 amide bonds. The van der Waals surface area contributed by atoms with Gasteiger partial charge in [0.2, 0.25) is 5.88 Å². The lowest BCUT2D eigenvalue weighted by atomic mass is 9.85. The molecule has 2 N–H and O–H groups in total. The Bertz CT molecular complexity index is 1120. The number of nitrogens with one attached hydrogen (secondary N) is 2. The number of hydrogen-bond acceptors (Lipinski definition) is 4. The molecule has 1 aliphatic rings. The van der Waals surface area contributed by atoms with Gasteiger partial charge in [-0.1, -0.05) is 18.2 Å². The van der Waals surface area contributed by atoms with Gasteiger partial charge in [0.15, 0.2) is 5.60 Å². The topological polar surface area (TPSA) is 72.5 Å². The lowest BCUT2D eigenvalue weighted by Crippen LogP contribution is -2.52. The molecule has 1 unspecified atom stereocenters. The molecule has 1 aliphatic heterocycles. The third-order valence-corrected chi connectivity index (χ3v) is 4.91. The van der Waals surface area contributed by atoms with E-state index in [1.807, 2.05) is 0 Å². The number of amides is 2. The number of aromatic nitrogens is 1. The van der Waals surface area contributed by atoms with Crippen molar-refractivity contribution >= 4 is 17.4 Å². The number of carbonyl (C=O) groups excluding carboxylic acids is 1. The maximum absolute atomic E-state index is 13.8. The largest absolute Gasteiger partial charge is 0.437 e. The Morgan fingerprint density at radius 2 is 1.75 bits per heavy atom. The average molecular weight is 447 g/mol. The Morgan fingerprint density at radius 1 is 1.03 bits per heavy atom. The molecule has 0 radical (unpaired) electrons. The number of benzene rings is 2. The Morgan fingerprint density at radius 3 is 2.41 bits per heavy atom. The van der Waals surface area contributed by atoms with Crippen LogP contribution in [0, 0.1) is 5.82 Å². The van der Waals surface area contributed by atoms with Gasteiger partial charge < -0.3 is 20.1 Å². The average Bonchev–Trinajstić information content (AvgIpc) is 2.70. The van der Waals surface area contributed by atoms with E-state index in [0.29, 0.717) is 5.69 Å². The van der Waals surface area contributed by atoms with E-state index in [-0.39, 0.29) is 35.9 Å². The minimum absolute atomic E-state index is 0.0200. The van der Waals surface area contributed by atoms with Crippen LogP contribution in [0.2, 0.25) is 0 Å². The fourth-order valence-corrected chi connectivity index (χ4v) is 3.27. The first kappa shape index (κ1) is 21.6. The summed E-state index contributed by atoms with van der Waals surface area (Å²) in [6.07, 6.45) is -3.49. The highest BCUT2D eigenvalue weighted by Crippen LogP contribution is 2.53. The van der Waals surface area contributed by atoms with Crippen molar-refractivity contribution in [3.63, 3.8) is 0 Å². The van der Waals surface area contributed by atoms with Gasteiger partial charge in [0, 0.05) is 23.9 Å². The summed E-state index contributed by atoms with van der Waals surface area (Å²) in [6, 6.07) is 13.1. The lowest BCUT2D eigenvalue weighted by molar-refractivity contribution is -0.333. The van der Waals surface area contributed by atoms with Crippen molar-refractivity contribution in [3.8, 4) is 11.6 Å². The van der Waals surface area contributed by atoms with Gasteiger partial charge in [-0.25, -0.2) is 14.2 Å². The number of ether oxygens (including phenoxy) is 2. The van der Waals surface area contributed by atoms with E-state index in [2.05, 4.69) is 15.6 Å². The number of nitrogens with zero attached hydrogens (tertiary/aromatic N) is 1. The van der Waals surface area contributed by atoms with Crippen LogP contribution < -0.4 is 15.4 Å². The predicted molar refractivity (Wildman–Crippen MR) is 108 cm³/mol. The molecule has 1 aromatic heterocycles. The summed E-state index contributed by atoms with van der Waals surface area (Å²) in [5.41, 5.74) is -2.16. The fourth-order valence-electron chi connectivity index (χ4n) is 3.27. The van der Waals surface area contributed by atoms with E-state index in [0.717, 1.165) is 0 Å². The zero-order chi connectivity index (χ0) is 22.8. The van der Waals surface area contributed by atoms with Gasteiger partial charge in [0.1, 0.15) is 17.3 Å². The summed E-state index contributed by atoms with van der Waals surface area (Å²) in [4.78, 5) is 16.4. The smallest absolute Gasteiger partial charge is 0.421 e. The lowest BCUT2D eigenvalue weighted by Gasteiger charge is -2.43. The summed E-state index contributed by atoms with van der Waals surface area (Å²) < 4.78 is 65.0. The fraction of sp³-hybridized carbons (Fsp3) is 0.182. The van der Waals surface area contributed by atoms with E-state index >= 15 is 0 Å². The molecule has 166 valence electrons. The third-order valence-electron chi connectivity index (χ3n) is 4.91. The first-order chi connectivity index (χ1) is 15.3. The molecule has 1 saturated heterocycles. The molecular weight excluding hydrogens is 430 g/mol. The van der Waals surface area contributed by atoms with Crippen molar-refractivity contribution in [3.05, 3.63) is 78.2 Å². The van der Waals surface area contributed by atoms with E-state index in [1.165, 1.54) is 66.9 Å². The molecule has 3 aromatic rings. The number of para-hydroxylation sites is 1. The zero-order valence-electron chi connectivity index (χ0n) is 16.4. The van der Waals surface area contributed by atoms with Crippen LogP contribution >= 0.6 is 0 Å². The molecule has 0 bridgehead atoms. The van der Waals surface area contributed by atoms with Crippen LogP contribution in [0.1, 0.15) is 12.0 Å². The number of carbonyl (C=O) groups is 1. The number of alkyl halides is 3. The zero-order valence-corrected chi connectivity index (χ0v) is 16.4. The standard InChI is InChI=1S/C22H17F4N3O3/c23-14-7-9-15(10-8-14)28-20(30)29-17-5-3-12-27-19(17)32-18-6-2-1-4-16(18)21(11-13-31-21)22(24,25)26/h1-10,12H,11,13H2,(H2,28,29,30). The molecule has 1 fully saturated rings. The first-order valence-corrected chi connectivity index (χ1v) is 9.55. The Labute approximate surface area is 180 Å². The quantitative estimate of drug-likeness (QED) is 0.483. The Balaban J connectivity index is 1.57. The highest BCUT2D eigenvalue weighted by Gasteiger charge is 2.62. The molecule has 0 spiro atoms. The number of anilines is 2. The number of rotatable bonds is 5. The van der Waals surface area contributed by atoms with Gasteiger partial charge in [0.05, 0.1) is 6.61 Å². The van der Waals surface area contributed by atoms with Crippen LogP contribution in [0.25, 0.3) is 0 Å². The van der Waals surface area contributed by atoms with Crippen molar-refractivity contribution in [2.24, 2.45) is 0 Å². The second-order valence-electron chi connectivity index (χ2n) is 6.96. The summed E-state index contributed by atoms with van der Waals surface area (Å²) >= 11 is 0. The maximum Gasteiger partial charge on any atom is 0.421 e. The maximum atomic E-state index is 13.8. The van der Waals surface area contributed by atoms with Gasteiger partial charge in [-0.15, -0.1) is 0 Å². The van der Waals surface area contributed by atoms with E-state index in [1.54, 1.807) is 0 Å². The van der Waals surface area contributed by atoms with Crippen LogP contribution in [-0.2, 0) is 10.3 Å². The van der Waals surface area contributed by atoms with Gasteiger partial charge in [-0.05, 0) is 42.5 Å².